The summed E-state index contributed by atoms with van der Waals surface area (Å²) in [5.74, 6) is 1.76. The van der Waals surface area contributed by atoms with Crippen LogP contribution in [0.3, 0.4) is 0 Å². The van der Waals surface area contributed by atoms with Crippen molar-refractivity contribution in [1.29, 1.82) is 0 Å². The molecule has 142 valence electrons. The monoisotopic (exact) mass is 377 g/mol. The van der Waals surface area contributed by atoms with Crippen molar-refractivity contribution < 1.29 is 4.74 Å². The van der Waals surface area contributed by atoms with Gasteiger partial charge in [0.25, 0.3) is 0 Å². The van der Waals surface area contributed by atoms with Crippen molar-refractivity contribution in [2.45, 2.75) is 26.2 Å². The number of nitrogens with zero attached hydrogens (tertiary/aromatic N) is 1. The zero-order chi connectivity index (χ0) is 20.0. The zero-order valence-electron chi connectivity index (χ0n) is 16.9. The van der Waals surface area contributed by atoms with Crippen molar-refractivity contribution in [2.24, 2.45) is 0 Å². The fourth-order valence-electron chi connectivity index (χ4n) is 3.89. The van der Waals surface area contributed by atoms with Crippen molar-refractivity contribution in [3.8, 4) is 45.0 Å². The lowest BCUT2D eigenvalue weighted by Gasteiger charge is -2.19. The third-order valence-electron chi connectivity index (χ3n) is 5.52. The SMILES string of the molecule is CC(C)(C)c1ccnc(-c2ccc3c(c2)-c2ccccc2-c2ccccc2O3)c1. The quantitative estimate of drug-likeness (QED) is 0.302. The summed E-state index contributed by atoms with van der Waals surface area (Å²) in [6, 6.07) is 27.4. The molecular formula is C27H23NO. The molecule has 4 aromatic rings. The van der Waals surface area contributed by atoms with Crippen LogP contribution in [-0.2, 0) is 5.41 Å². The van der Waals surface area contributed by atoms with E-state index < -0.39 is 0 Å². The number of hydrogen-bond donors (Lipinski definition) is 0. The molecule has 1 aliphatic heterocycles. The maximum Gasteiger partial charge on any atom is 0.135 e. The lowest BCUT2D eigenvalue weighted by atomic mass is 9.86. The first kappa shape index (κ1) is 17.7. The van der Waals surface area contributed by atoms with Crippen LogP contribution in [0.15, 0.2) is 85.1 Å². The summed E-state index contributed by atoms with van der Waals surface area (Å²) in [5.41, 5.74) is 8.03. The number of ether oxygens (including phenoxy) is 1. The lowest BCUT2D eigenvalue weighted by molar-refractivity contribution is 0.488. The van der Waals surface area contributed by atoms with E-state index in [9.17, 15) is 0 Å². The Balaban J connectivity index is 1.70. The molecular weight excluding hydrogens is 354 g/mol. The molecule has 0 spiro atoms. The summed E-state index contributed by atoms with van der Waals surface area (Å²) in [6.07, 6.45) is 1.90. The minimum Gasteiger partial charge on any atom is -0.456 e. The molecule has 0 fully saturated rings. The topological polar surface area (TPSA) is 22.1 Å². The first-order chi connectivity index (χ1) is 14.0. The maximum atomic E-state index is 6.33. The van der Waals surface area contributed by atoms with Crippen molar-refractivity contribution in [3.63, 3.8) is 0 Å². The van der Waals surface area contributed by atoms with Gasteiger partial charge in [0.05, 0.1) is 5.69 Å². The third-order valence-corrected chi connectivity index (χ3v) is 5.52. The molecule has 0 saturated heterocycles. The summed E-state index contributed by atoms with van der Waals surface area (Å²) in [7, 11) is 0. The van der Waals surface area contributed by atoms with Gasteiger partial charge in [-0.05, 0) is 58.5 Å². The van der Waals surface area contributed by atoms with Crippen molar-refractivity contribution in [2.75, 3.05) is 0 Å². The van der Waals surface area contributed by atoms with E-state index in [2.05, 4.69) is 92.5 Å². The first-order valence-corrected chi connectivity index (χ1v) is 9.98. The van der Waals surface area contributed by atoms with E-state index in [1.807, 2.05) is 18.3 Å². The van der Waals surface area contributed by atoms with E-state index in [1.54, 1.807) is 0 Å². The third kappa shape index (κ3) is 3.11. The molecule has 0 bridgehead atoms. The van der Waals surface area contributed by atoms with Gasteiger partial charge in [-0.25, -0.2) is 0 Å². The van der Waals surface area contributed by atoms with Crippen LogP contribution in [0.5, 0.6) is 11.5 Å². The summed E-state index contributed by atoms with van der Waals surface area (Å²) in [4.78, 5) is 4.65. The van der Waals surface area contributed by atoms with Gasteiger partial charge in [-0.1, -0.05) is 63.2 Å². The van der Waals surface area contributed by atoms with Crippen LogP contribution in [0.4, 0.5) is 0 Å². The minimum atomic E-state index is 0.0841. The van der Waals surface area contributed by atoms with Gasteiger partial charge in [-0.3, -0.25) is 4.98 Å². The van der Waals surface area contributed by atoms with Crippen LogP contribution in [0.25, 0.3) is 33.5 Å². The van der Waals surface area contributed by atoms with Gasteiger partial charge in [0, 0.05) is 22.9 Å². The van der Waals surface area contributed by atoms with Gasteiger partial charge in [-0.2, -0.15) is 0 Å². The van der Waals surface area contributed by atoms with Crippen LogP contribution >= 0.6 is 0 Å². The molecule has 0 radical (unpaired) electrons. The number of hydrogen-bond acceptors (Lipinski definition) is 2. The second-order valence-electron chi connectivity index (χ2n) is 8.53. The van der Waals surface area contributed by atoms with Crippen molar-refractivity contribution in [3.05, 3.63) is 90.6 Å². The highest BCUT2D eigenvalue weighted by atomic mass is 16.5. The molecule has 0 saturated carbocycles. The van der Waals surface area contributed by atoms with Gasteiger partial charge in [0.1, 0.15) is 11.5 Å². The van der Waals surface area contributed by atoms with E-state index in [4.69, 9.17) is 4.74 Å². The Morgan fingerprint density at radius 2 is 1.31 bits per heavy atom. The molecule has 29 heavy (non-hydrogen) atoms. The minimum absolute atomic E-state index is 0.0841. The van der Waals surface area contributed by atoms with Gasteiger partial charge in [0.2, 0.25) is 0 Å². The zero-order valence-corrected chi connectivity index (χ0v) is 16.9. The summed E-state index contributed by atoms with van der Waals surface area (Å²) in [6.45, 7) is 6.68. The molecule has 2 heterocycles. The smallest absolute Gasteiger partial charge is 0.135 e. The average molecular weight is 377 g/mol. The van der Waals surface area contributed by atoms with Crippen LogP contribution < -0.4 is 4.74 Å². The molecule has 0 atom stereocenters. The Morgan fingerprint density at radius 1 is 0.655 bits per heavy atom. The molecule has 1 aliphatic rings. The normalized spacial score (nSPS) is 12.2. The molecule has 0 aliphatic carbocycles. The molecule has 1 aromatic heterocycles. The summed E-state index contributed by atoms with van der Waals surface area (Å²) < 4.78 is 6.33. The standard InChI is InChI=1S/C27H23NO/c1-27(2,3)19-14-15-28-24(17-19)18-12-13-26-23(16-18)21-9-5-4-8-20(21)22-10-6-7-11-25(22)29-26/h4-17H,1-3H3. The molecule has 0 unspecified atom stereocenters. The van der Waals surface area contributed by atoms with Gasteiger partial charge in [0.15, 0.2) is 0 Å². The number of para-hydroxylation sites is 1. The Kier molecular flexibility index (Phi) is 4.02. The predicted octanol–water partition coefficient (Wildman–Crippen LogP) is 7.49. The number of fused-ring (bicyclic) bond motifs is 5. The van der Waals surface area contributed by atoms with E-state index in [0.717, 1.165) is 33.9 Å². The Morgan fingerprint density at radius 3 is 2.07 bits per heavy atom. The molecule has 0 N–H and O–H groups in total. The Hall–Kier alpha value is -3.39. The molecule has 5 rings (SSSR count). The van der Waals surface area contributed by atoms with Crippen LogP contribution in [0.1, 0.15) is 26.3 Å². The van der Waals surface area contributed by atoms with E-state index in [1.165, 1.54) is 16.7 Å². The lowest BCUT2D eigenvalue weighted by Crippen LogP contribution is -2.11. The van der Waals surface area contributed by atoms with Crippen molar-refractivity contribution in [1.82, 2.24) is 4.98 Å². The first-order valence-electron chi connectivity index (χ1n) is 9.98. The highest BCUT2D eigenvalue weighted by Gasteiger charge is 2.21. The Labute approximate surface area is 171 Å². The fraction of sp³-hybridized carbons (Fsp3) is 0.148. The number of benzene rings is 3. The summed E-state index contributed by atoms with van der Waals surface area (Å²) >= 11 is 0. The molecule has 0 amide bonds. The number of pyridine rings is 1. The van der Waals surface area contributed by atoms with Crippen molar-refractivity contribution >= 4 is 0 Å². The second-order valence-corrected chi connectivity index (χ2v) is 8.53. The largest absolute Gasteiger partial charge is 0.456 e. The number of aromatic nitrogens is 1. The van der Waals surface area contributed by atoms with Crippen LogP contribution in [0, 0.1) is 0 Å². The highest BCUT2D eigenvalue weighted by molar-refractivity contribution is 5.91. The van der Waals surface area contributed by atoms with E-state index >= 15 is 0 Å². The van der Waals surface area contributed by atoms with Gasteiger partial charge >= 0.3 is 0 Å². The second kappa shape index (κ2) is 6.59. The molecule has 2 nitrogen and oxygen atoms in total. The summed E-state index contributed by atoms with van der Waals surface area (Å²) in [5, 5.41) is 0. The maximum absolute atomic E-state index is 6.33. The van der Waals surface area contributed by atoms with Crippen LogP contribution in [0.2, 0.25) is 0 Å². The fourth-order valence-corrected chi connectivity index (χ4v) is 3.89. The molecule has 3 aromatic carbocycles. The Bertz CT molecular complexity index is 1220. The average Bonchev–Trinajstić information content (AvgIpc) is 2.87. The van der Waals surface area contributed by atoms with Gasteiger partial charge < -0.3 is 4.74 Å². The highest BCUT2D eigenvalue weighted by Crippen LogP contribution is 2.47. The molecule has 2 heteroatoms. The van der Waals surface area contributed by atoms with Gasteiger partial charge in [-0.15, -0.1) is 0 Å². The number of rotatable bonds is 1. The van der Waals surface area contributed by atoms with Crippen LogP contribution in [-0.4, -0.2) is 4.98 Å². The van der Waals surface area contributed by atoms with E-state index in [0.29, 0.717) is 0 Å². The predicted molar refractivity (Wildman–Crippen MR) is 119 cm³/mol. The van der Waals surface area contributed by atoms with E-state index in [-0.39, 0.29) is 5.41 Å².